The van der Waals surface area contributed by atoms with Crippen LogP contribution in [0.1, 0.15) is 11.1 Å². The highest BCUT2D eigenvalue weighted by molar-refractivity contribution is 8.13. The van der Waals surface area contributed by atoms with E-state index in [0.29, 0.717) is 5.17 Å². The van der Waals surface area contributed by atoms with Gasteiger partial charge in [0.1, 0.15) is 5.75 Å². The molecule has 0 bridgehead atoms. The summed E-state index contributed by atoms with van der Waals surface area (Å²) in [6.45, 7) is 3.27. The van der Waals surface area contributed by atoms with Gasteiger partial charge in [0, 0.05) is 36.2 Å². The van der Waals surface area contributed by atoms with Gasteiger partial charge in [-0.2, -0.15) is 5.10 Å². The fourth-order valence-corrected chi connectivity index (χ4v) is 3.34. The van der Waals surface area contributed by atoms with Crippen molar-refractivity contribution in [1.29, 1.82) is 0 Å². The van der Waals surface area contributed by atoms with Gasteiger partial charge in [-0.1, -0.05) is 42.1 Å². The van der Waals surface area contributed by atoms with Crippen LogP contribution in [0.4, 0.5) is 5.69 Å². The lowest BCUT2D eigenvalue weighted by atomic mass is 10.1. The Labute approximate surface area is 164 Å². The number of morpholine rings is 1. The molecule has 2 aromatic rings. The van der Waals surface area contributed by atoms with Crippen LogP contribution in [0.3, 0.4) is 0 Å². The largest absolute Gasteiger partial charge is 0.496 e. The van der Waals surface area contributed by atoms with E-state index < -0.39 is 0 Å². The van der Waals surface area contributed by atoms with Gasteiger partial charge >= 0.3 is 0 Å². The third kappa shape index (κ3) is 5.74. The van der Waals surface area contributed by atoms with Crippen LogP contribution in [0.25, 0.3) is 0 Å². The number of thioether (sulfide) groups is 1. The molecule has 0 atom stereocenters. The number of anilines is 1. The zero-order valence-corrected chi connectivity index (χ0v) is 16.2. The minimum Gasteiger partial charge on any atom is -0.496 e. The molecule has 0 unspecified atom stereocenters. The quantitative estimate of drug-likeness (QED) is 0.471. The normalized spacial score (nSPS) is 15.3. The lowest BCUT2D eigenvalue weighted by Gasteiger charge is -2.29. The van der Waals surface area contributed by atoms with Crippen molar-refractivity contribution >= 4 is 28.8 Å². The SMILES string of the molecule is COc1cc(N2CCOCC2)ccc1C=NN=C(N)SCc1ccccc1. The van der Waals surface area contributed by atoms with E-state index in [1.165, 1.54) is 17.3 Å². The van der Waals surface area contributed by atoms with E-state index in [4.69, 9.17) is 15.2 Å². The van der Waals surface area contributed by atoms with E-state index in [9.17, 15) is 0 Å². The Morgan fingerprint density at radius 2 is 2.00 bits per heavy atom. The molecule has 1 aliphatic rings. The fraction of sp³-hybridized carbons (Fsp3) is 0.300. The van der Waals surface area contributed by atoms with Crippen molar-refractivity contribution in [3.63, 3.8) is 0 Å². The van der Waals surface area contributed by atoms with Crippen molar-refractivity contribution in [1.82, 2.24) is 0 Å². The molecule has 6 nitrogen and oxygen atoms in total. The Hall–Kier alpha value is -2.51. The number of ether oxygens (including phenoxy) is 2. The van der Waals surface area contributed by atoms with Crippen LogP contribution in [-0.4, -0.2) is 44.8 Å². The molecule has 1 aliphatic heterocycles. The fourth-order valence-electron chi connectivity index (χ4n) is 2.73. The standard InChI is InChI=1S/C20H24N4O2S/c1-25-19-13-18(24-9-11-26-12-10-24)8-7-17(19)14-22-23-20(21)27-15-16-5-3-2-4-6-16/h2-8,13-14H,9-12,15H2,1H3,(H2,21,23). The summed E-state index contributed by atoms with van der Waals surface area (Å²) in [5, 5.41) is 8.60. The maximum Gasteiger partial charge on any atom is 0.180 e. The average molecular weight is 385 g/mol. The van der Waals surface area contributed by atoms with Crippen molar-refractivity contribution in [3.05, 3.63) is 59.7 Å². The van der Waals surface area contributed by atoms with E-state index >= 15 is 0 Å². The summed E-state index contributed by atoms with van der Waals surface area (Å²) in [5.41, 5.74) is 9.11. The summed E-state index contributed by atoms with van der Waals surface area (Å²) >= 11 is 1.46. The van der Waals surface area contributed by atoms with E-state index in [0.717, 1.165) is 49.1 Å². The molecule has 0 spiro atoms. The van der Waals surface area contributed by atoms with Gasteiger partial charge in [-0.05, 0) is 17.7 Å². The molecule has 0 aromatic heterocycles. The van der Waals surface area contributed by atoms with Gasteiger partial charge in [-0.3, -0.25) is 0 Å². The topological polar surface area (TPSA) is 72.4 Å². The monoisotopic (exact) mass is 384 g/mol. The minimum atomic E-state index is 0.430. The van der Waals surface area contributed by atoms with Gasteiger partial charge in [0.2, 0.25) is 0 Å². The highest BCUT2D eigenvalue weighted by Crippen LogP contribution is 2.25. The zero-order chi connectivity index (χ0) is 18.9. The summed E-state index contributed by atoms with van der Waals surface area (Å²) in [6, 6.07) is 16.2. The molecule has 0 saturated carbocycles. The molecule has 0 aliphatic carbocycles. The van der Waals surface area contributed by atoms with Crippen molar-refractivity contribution in [2.24, 2.45) is 15.9 Å². The Morgan fingerprint density at radius 1 is 1.22 bits per heavy atom. The predicted octanol–water partition coefficient (Wildman–Crippen LogP) is 3.11. The number of hydrogen-bond acceptors (Lipinski definition) is 6. The lowest BCUT2D eigenvalue weighted by molar-refractivity contribution is 0.122. The first-order valence-corrected chi connectivity index (χ1v) is 9.79. The molecular weight excluding hydrogens is 360 g/mol. The molecule has 0 amide bonds. The van der Waals surface area contributed by atoms with E-state index in [1.807, 2.05) is 30.3 Å². The number of nitrogens with zero attached hydrogens (tertiary/aromatic N) is 3. The molecule has 1 saturated heterocycles. The maximum atomic E-state index is 5.93. The number of methoxy groups -OCH3 is 1. The Morgan fingerprint density at radius 3 is 2.74 bits per heavy atom. The highest BCUT2D eigenvalue weighted by atomic mass is 32.2. The van der Waals surface area contributed by atoms with Gasteiger partial charge in [0.25, 0.3) is 0 Å². The second-order valence-electron chi connectivity index (χ2n) is 5.98. The molecule has 7 heteroatoms. The Bertz CT molecular complexity index is 790. The summed E-state index contributed by atoms with van der Waals surface area (Å²) in [4.78, 5) is 2.28. The van der Waals surface area contributed by atoms with E-state index in [2.05, 4.69) is 33.3 Å². The second kappa shape index (κ2) is 9.99. The zero-order valence-electron chi connectivity index (χ0n) is 15.4. The molecule has 142 valence electrons. The Balaban J connectivity index is 1.61. The number of rotatable bonds is 6. The van der Waals surface area contributed by atoms with Crippen LogP contribution >= 0.6 is 11.8 Å². The van der Waals surface area contributed by atoms with Gasteiger partial charge in [-0.15, -0.1) is 5.10 Å². The van der Waals surface area contributed by atoms with Gasteiger partial charge in [0.15, 0.2) is 5.17 Å². The highest BCUT2D eigenvalue weighted by Gasteiger charge is 2.13. The van der Waals surface area contributed by atoms with Crippen molar-refractivity contribution < 1.29 is 9.47 Å². The predicted molar refractivity (Wildman–Crippen MR) is 113 cm³/mol. The van der Waals surface area contributed by atoms with Crippen LogP contribution in [0.2, 0.25) is 0 Å². The lowest BCUT2D eigenvalue weighted by Crippen LogP contribution is -2.36. The molecule has 0 radical (unpaired) electrons. The van der Waals surface area contributed by atoms with Crippen LogP contribution in [0, 0.1) is 0 Å². The summed E-state index contributed by atoms with van der Waals surface area (Å²) in [7, 11) is 1.66. The first-order chi connectivity index (χ1) is 13.3. The van der Waals surface area contributed by atoms with Crippen LogP contribution in [-0.2, 0) is 10.5 Å². The number of nitrogens with two attached hydrogens (primary N) is 1. The van der Waals surface area contributed by atoms with Crippen molar-refractivity contribution in [3.8, 4) is 5.75 Å². The molecule has 2 aromatic carbocycles. The molecule has 1 heterocycles. The van der Waals surface area contributed by atoms with Crippen molar-refractivity contribution in [2.75, 3.05) is 38.3 Å². The molecular formula is C20H24N4O2S. The third-order valence-electron chi connectivity index (χ3n) is 4.18. The number of amidine groups is 1. The molecule has 2 N–H and O–H groups in total. The van der Waals surface area contributed by atoms with Crippen LogP contribution in [0.5, 0.6) is 5.75 Å². The van der Waals surface area contributed by atoms with E-state index in [1.54, 1.807) is 13.3 Å². The first kappa shape index (κ1) is 19.3. The number of hydrogen-bond donors (Lipinski definition) is 1. The summed E-state index contributed by atoms with van der Waals surface area (Å²) in [5.74, 6) is 1.52. The third-order valence-corrected chi connectivity index (χ3v) is 5.03. The Kier molecular flexibility index (Phi) is 7.12. The average Bonchev–Trinajstić information content (AvgIpc) is 2.74. The van der Waals surface area contributed by atoms with Gasteiger partial charge in [0.05, 0.1) is 26.5 Å². The van der Waals surface area contributed by atoms with Crippen LogP contribution < -0.4 is 15.4 Å². The molecule has 1 fully saturated rings. The van der Waals surface area contributed by atoms with Crippen LogP contribution in [0.15, 0.2) is 58.7 Å². The summed E-state index contributed by atoms with van der Waals surface area (Å²) < 4.78 is 10.9. The van der Waals surface area contributed by atoms with Gasteiger partial charge < -0.3 is 20.1 Å². The van der Waals surface area contributed by atoms with Gasteiger partial charge in [-0.25, -0.2) is 0 Å². The first-order valence-electron chi connectivity index (χ1n) is 8.80. The molecule has 3 rings (SSSR count). The van der Waals surface area contributed by atoms with Crippen molar-refractivity contribution in [2.45, 2.75) is 5.75 Å². The maximum absolute atomic E-state index is 5.93. The van der Waals surface area contributed by atoms with E-state index in [-0.39, 0.29) is 0 Å². The summed E-state index contributed by atoms with van der Waals surface area (Å²) in [6.07, 6.45) is 1.66. The smallest absolute Gasteiger partial charge is 0.180 e. The minimum absolute atomic E-state index is 0.430. The number of benzene rings is 2. The molecule has 27 heavy (non-hydrogen) atoms. The second-order valence-corrected chi connectivity index (χ2v) is 6.98.